The molecule has 25 heavy (non-hydrogen) atoms. The molecule has 3 aromatic heterocycles. The quantitative estimate of drug-likeness (QED) is 0.550. The van der Waals surface area contributed by atoms with Crippen LogP contribution < -0.4 is 5.56 Å². The fourth-order valence-electron chi connectivity index (χ4n) is 2.21. The van der Waals surface area contributed by atoms with E-state index in [1.807, 2.05) is 0 Å². The molecular weight excluding hydrogens is 344 g/mol. The predicted octanol–water partition coefficient (Wildman–Crippen LogP) is 2.05. The van der Waals surface area contributed by atoms with Crippen LogP contribution in [0.1, 0.15) is 28.6 Å². The Morgan fingerprint density at radius 2 is 2.12 bits per heavy atom. The molecule has 0 saturated heterocycles. The molecule has 1 N–H and O–H groups in total. The maximum atomic E-state index is 12.1. The average molecular weight is 358 g/mol. The van der Waals surface area contributed by atoms with Crippen molar-refractivity contribution >= 4 is 18.2 Å². The highest BCUT2D eigenvalue weighted by molar-refractivity contribution is 7.71. The van der Waals surface area contributed by atoms with Crippen LogP contribution in [0.3, 0.4) is 0 Å². The number of carbonyl (C=O) groups excluding carboxylic acids is 1. The Kier molecular flexibility index (Phi) is 4.85. The van der Waals surface area contributed by atoms with Crippen LogP contribution in [-0.4, -0.2) is 32.1 Å². The lowest BCUT2D eigenvalue weighted by molar-refractivity contribution is 0.0490. The minimum Gasteiger partial charge on any atom is -0.460 e. The summed E-state index contributed by atoms with van der Waals surface area (Å²) in [6.07, 6.45) is 6.58. The Balaban J connectivity index is 1.97. The molecule has 0 aromatic carbocycles. The third-order valence-electron chi connectivity index (χ3n) is 3.33. The molecule has 8 nitrogen and oxygen atoms in total. The Labute approximate surface area is 147 Å². The van der Waals surface area contributed by atoms with Gasteiger partial charge in [0.15, 0.2) is 4.77 Å². The fourth-order valence-corrected chi connectivity index (χ4v) is 2.45. The van der Waals surface area contributed by atoms with E-state index in [0.717, 1.165) is 5.56 Å². The van der Waals surface area contributed by atoms with Crippen molar-refractivity contribution in [1.82, 2.24) is 19.5 Å². The fraction of sp³-hybridized carbons (Fsp3) is 0.188. The van der Waals surface area contributed by atoms with E-state index in [1.54, 1.807) is 31.6 Å². The molecule has 3 rings (SSSR count). The Morgan fingerprint density at radius 3 is 2.84 bits per heavy atom. The molecule has 0 aliphatic rings. The van der Waals surface area contributed by atoms with E-state index >= 15 is 0 Å². The van der Waals surface area contributed by atoms with E-state index in [0.29, 0.717) is 17.9 Å². The van der Waals surface area contributed by atoms with Gasteiger partial charge in [-0.15, -0.1) is 0 Å². The summed E-state index contributed by atoms with van der Waals surface area (Å²) >= 11 is 5.18. The second-order valence-electron chi connectivity index (χ2n) is 5.07. The standard InChI is InChI=1S/C16H14N4O4S/c1-2-23-15(22)12-3-4-13(24-12)20-8-11(14(21)19-16(20)25)5-10-6-17-9-18-7-10/h3-4,6-9H,2,5H2,1H3,(H,19,21,25). The first-order valence-electron chi connectivity index (χ1n) is 7.44. The molecule has 0 aliphatic carbocycles. The second-order valence-corrected chi connectivity index (χ2v) is 5.45. The predicted molar refractivity (Wildman–Crippen MR) is 90.3 cm³/mol. The normalized spacial score (nSPS) is 10.6. The van der Waals surface area contributed by atoms with Gasteiger partial charge < -0.3 is 9.15 Å². The number of carbonyl (C=O) groups is 1. The van der Waals surface area contributed by atoms with Crippen LogP contribution in [0, 0.1) is 4.77 Å². The number of esters is 1. The highest BCUT2D eigenvalue weighted by Crippen LogP contribution is 2.15. The van der Waals surface area contributed by atoms with Crippen LogP contribution in [0.15, 0.2) is 46.3 Å². The van der Waals surface area contributed by atoms with Crippen molar-refractivity contribution in [2.45, 2.75) is 13.3 Å². The zero-order valence-electron chi connectivity index (χ0n) is 13.3. The van der Waals surface area contributed by atoms with E-state index in [1.165, 1.54) is 17.0 Å². The van der Waals surface area contributed by atoms with Crippen LogP contribution in [-0.2, 0) is 11.2 Å². The average Bonchev–Trinajstić information content (AvgIpc) is 3.08. The lowest BCUT2D eigenvalue weighted by atomic mass is 10.1. The van der Waals surface area contributed by atoms with E-state index in [4.69, 9.17) is 21.4 Å². The number of hydrogen-bond acceptors (Lipinski definition) is 7. The summed E-state index contributed by atoms with van der Waals surface area (Å²) in [4.78, 5) is 34.3. The Bertz CT molecular complexity index is 1010. The number of H-pyrrole nitrogens is 1. The minimum atomic E-state index is -0.564. The maximum Gasteiger partial charge on any atom is 0.374 e. The summed E-state index contributed by atoms with van der Waals surface area (Å²) < 4.78 is 12.0. The summed E-state index contributed by atoms with van der Waals surface area (Å²) in [7, 11) is 0. The van der Waals surface area contributed by atoms with Crippen LogP contribution in [0.25, 0.3) is 5.88 Å². The van der Waals surface area contributed by atoms with Gasteiger partial charge in [0.1, 0.15) is 6.33 Å². The van der Waals surface area contributed by atoms with Crippen LogP contribution in [0.2, 0.25) is 0 Å². The second kappa shape index (κ2) is 7.22. The molecule has 128 valence electrons. The molecule has 0 amide bonds. The van der Waals surface area contributed by atoms with Gasteiger partial charge in [0, 0.05) is 36.6 Å². The van der Waals surface area contributed by atoms with Crippen LogP contribution >= 0.6 is 12.2 Å². The largest absolute Gasteiger partial charge is 0.460 e. The SMILES string of the molecule is CCOC(=O)c1ccc(-n2cc(Cc3cncnc3)c(=O)[nH]c2=S)o1. The van der Waals surface area contributed by atoms with E-state index < -0.39 is 5.97 Å². The lowest BCUT2D eigenvalue weighted by Gasteiger charge is -2.06. The number of ether oxygens (including phenoxy) is 1. The topological polar surface area (TPSA) is 103 Å². The molecular formula is C16H14N4O4S. The molecule has 0 fully saturated rings. The summed E-state index contributed by atoms with van der Waals surface area (Å²) in [6, 6.07) is 3.07. The lowest BCUT2D eigenvalue weighted by Crippen LogP contribution is -2.17. The summed E-state index contributed by atoms with van der Waals surface area (Å²) in [6.45, 7) is 1.95. The maximum absolute atomic E-state index is 12.1. The van der Waals surface area contributed by atoms with Gasteiger partial charge in [-0.05, 0) is 30.8 Å². The number of nitrogens with zero attached hydrogens (tertiary/aromatic N) is 3. The molecule has 3 heterocycles. The Morgan fingerprint density at radius 1 is 1.36 bits per heavy atom. The van der Waals surface area contributed by atoms with Crippen molar-refractivity contribution in [2.24, 2.45) is 0 Å². The van der Waals surface area contributed by atoms with Crippen LogP contribution in [0.4, 0.5) is 0 Å². The van der Waals surface area contributed by atoms with Crippen molar-refractivity contribution < 1.29 is 13.9 Å². The number of rotatable bonds is 5. The third-order valence-corrected chi connectivity index (χ3v) is 3.63. The van der Waals surface area contributed by atoms with E-state index in [-0.39, 0.29) is 22.7 Å². The molecule has 0 bridgehead atoms. The highest BCUT2D eigenvalue weighted by Gasteiger charge is 2.14. The molecule has 0 unspecified atom stereocenters. The minimum absolute atomic E-state index is 0.0583. The first-order chi connectivity index (χ1) is 12.1. The highest BCUT2D eigenvalue weighted by atomic mass is 32.1. The zero-order valence-corrected chi connectivity index (χ0v) is 14.1. The first kappa shape index (κ1) is 16.8. The molecule has 0 radical (unpaired) electrons. The van der Waals surface area contributed by atoms with Crippen LogP contribution in [0.5, 0.6) is 0 Å². The Hall–Kier alpha value is -3.07. The van der Waals surface area contributed by atoms with Crippen molar-refractivity contribution in [3.63, 3.8) is 0 Å². The van der Waals surface area contributed by atoms with Gasteiger partial charge in [0.25, 0.3) is 5.56 Å². The van der Waals surface area contributed by atoms with Gasteiger partial charge in [0.2, 0.25) is 11.6 Å². The zero-order chi connectivity index (χ0) is 17.8. The van der Waals surface area contributed by atoms with Gasteiger partial charge in [-0.1, -0.05) is 0 Å². The van der Waals surface area contributed by atoms with Gasteiger partial charge in [-0.2, -0.15) is 0 Å². The number of aromatic amines is 1. The van der Waals surface area contributed by atoms with Gasteiger partial charge in [0.05, 0.1) is 6.61 Å². The first-order valence-corrected chi connectivity index (χ1v) is 7.85. The van der Waals surface area contributed by atoms with Crippen molar-refractivity contribution in [3.05, 3.63) is 69.1 Å². The summed E-state index contributed by atoms with van der Waals surface area (Å²) in [5.41, 5.74) is 0.933. The van der Waals surface area contributed by atoms with Gasteiger partial charge in [-0.25, -0.2) is 14.8 Å². The van der Waals surface area contributed by atoms with Gasteiger partial charge in [-0.3, -0.25) is 14.3 Å². The number of nitrogens with one attached hydrogen (secondary N) is 1. The monoisotopic (exact) mass is 358 g/mol. The van der Waals surface area contributed by atoms with Gasteiger partial charge >= 0.3 is 5.97 Å². The molecule has 0 atom stereocenters. The molecule has 0 saturated carbocycles. The molecule has 0 spiro atoms. The van der Waals surface area contributed by atoms with Crippen molar-refractivity contribution in [1.29, 1.82) is 0 Å². The van der Waals surface area contributed by atoms with Crippen molar-refractivity contribution in [3.8, 4) is 5.88 Å². The van der Waals surface area contributed by atoms with E-state index in [9.17, 15) is 9.59 Å². The van der Waals surface area contributed by atoms with E-state index in [2.05, 4.69) is 15.0 Å². The summed E-state index contributed by atoms with van der Waals surface area (Å²) in [5.74, 6) is -0.204. The number of hydrogen-bond donors (Lipinski definition) is 1. The third kappa shape index (κ3) is 3.72. The van der Waals surface area contributed by atoms with Crippen molar-refractivity contribution in [2.75, 3.05) is 6.61 Å². The molecule has 0 aliphatic heterocycles. The molecule has 3 aromatic rings. The molecule has 9 heteroatoms. The smallest absolute Gasteiger partial charge is 0.374 e. The summed E-state index contributed by atoms with van der Waals surface area (Å²) in [5, 5.41) is 0. The number of furan rings is 1. The number of aromatic nitrogens is 4.